The van der Waals surface area contributed by atoms with Crippen LogP contribution in [0.1, 0.15) is 22.8 Å². The lowest BCUT2D eigenvalue weighted by Crippen LogP contribution is -2.42. The second-order valence-corrected chi connectivity index (χ2v) is 11.3. The molecule has 1 aromatic heterocycles. The molecule has 2 aliphatic heterocycles. The summed E-state index contributed by atoms with van der Waals surface area (Å²) in [5.41, 5.74) is 1.04. The summed E-state index contributed by atoms with van der Waals surface area (Å²) in [4.78, 5) is 54.3. The first-order valence-corrected chi connectivity index (χ1v) is 12.1. The van der Waals surface area contributed by atoms with E-state index in [9.17, 15) is 19.2 Å². The highest BCUT2D eigenvalue weighted by atomic mass is 35.5. The van der Waals surface area contributed by atoms with Crippen LogP contribution < -0.4 is 4.87 Å². The quantitative estimate of drug-likeness (QED) is 0.659. The molecular formula is C21H17ClN2O5S2. The molecule has 7 atom stereocenters. The van der Waals surface area contributed by atoms with E-state index in [1.165, 1.54) is 11.3 Å². The van der Waals surface area contributed by atoms with Gasteiger partial charge in [-0.2, -0.15) is 0 Å². The number of nitrogens with zero attached hydrogens (tertiary/aromatic N) is 1. The van der Waals surface area contributed by atoms with Crippen molar-refractivity contribution in [3.05, 3.63) is 49.4 Å². The van der Waals surface area contributed by atoms with Crippen molar-refractivity contribution in [2.75, 3.05) is 6.54 Å². The monoisotopic (exact) mass is 476 g/mol. The molecule has 2 N–H and O–H groups in total. The number of aromatic nitrogens is 1. The van der Waals surface area contributed by atoms with Crippen molar-refractivity contribution in [3.8, 4) is 0 Å². The van der Waals surface area contributed by atoms with Gasteiger partial charge >= 0.3 is 10.8 Å². The Morgan fingerprint density at radius 3 is 2.48 bits per heavy atom. The van der Waals surface area contributed by atoms with Gasteiger partial charge in [-0.05, 0) is 41.9 Å². The number of likely N-dealkylation sites (tertiary alicyclic amines) is 1. The van der Waals surface area contributed by atoms with Gasteiger partial charge in [-0.3, -0.25) is 24.1 Å². The predicted molar refractivity (Wildman–Crippen MR) is 114 cm³/mol. The average molecular weight is 477 g/mol. The molecule has 3 fully saturated rings. The molecule has 0 radical (unpaired) electrons. The van der Waals surface area contributed by atoms with Crippen LogP contribution in [0.2, 0.25) is 5.02 Å². The Kier molecular flexibility index (Phi) is 4.23. The number of thiazole rings is 1. The molecule has 6 rings (SSSR count). The minimum atomic E-state index is -1.18. The van der Waals surface area contributed by atoms with Crippen LogP contribution in [-0.4, -0.2) is 44.6 Å². The Labute approximate surface area is 189 Å². The number of thioether (sulfide) groups is 1. The number of carbonyl (C=O) groups is 3. The van der Waals surface area contributed by atoms with Crippen molar-refractivity contribution in [1.29, 1.82) is 0 Å². The van der Waals surface area contributed by atoms with E-state index in [0.717, 1.165) is 26.8 Å². The van der Waals surface area contributed by atoms with Gasteiger partial charge in [0.1, 0.15) is 6.54 Å². The summed E-state index contributed by atoms with van der Waals surface area (Å²) in [6.07, 6.45) is 0.777. The number of carboxylic acid groups (broad SMARTS) is 1. The largest absolute Gasteiger partial charge is 0.480 e. The molecule has 2 aromatic rings. The van der Waals surface area contributed by atoms with E-state index < -0.39 is 24.3 Å². The van der Waals surface area contributed by atoms with Crippen molar-refractivity contribution < 1.29 is 19.5 Å². The van der Waals surface area contributed by atoms with Crippen LogP contribution in [0.3, 0.4) is 0 Å². The number of H-pyrrole nitrogens is 1. The summed E-state index contributed by atoms with van der Waals surface area (Å²) in [6.45, 7) is -0.576. The lowest BCUT2D eigenvalue weighted by Gasteiger charge is -2.43. The van der Waals surface area contributed by atoms with E-state index in [1.807, 2.05) is 24.3 Å². The zero-order chi connectivity index (χ0) is 21.6. The van der Waals surface area contributed by atoms with Gasteiger partial charge in [0.05, 0.1) is 16.9 Å². The number of fused-ring (bicyclic) bond motifs is 9. The number of amides is 2. The highest BCUT2D eigenvalue weighted by Gasteiger charge is 2.69. The molecule has 2 amide bonds. The van der Waals surface area contributed by atoms with Crippen LogP contribution in [0.25, 0.3) is 0 Å². The van der Waals surface area contributed by atoms with E-state index in [4.69, 9.17) is 16.7 Å². The van der Waals surface area contributed by atoms with E-state index in [0.29, 0.717) is 5.02 Å². The Hall–Kier alpha value is -2.10. The number of aromatic amines is 1. The predicted octanol–water partition coefficient (Wildman–Crippen LogP) is 2.65. The number of rotatable bonds is 3. The van der Waals surface area contributed by atoms with Crippen LogP contribution in [0.15, 0.2) is 34.1 Å². The average Bonchev–Trinajstić information content (AvgIpc) is 3.44. The van der Waals surface area contributed by atoms with Gasteiger partial charge < -0.3 is 10.1 Å². The summed E-state index contributed by atoms with van der Waals surface area (Å²) >= 11 is 8.92. The molecule has 1 saturated heterocycles. The third-order valence-electron chi connectivity index (χ3n) is 7.34. The Morgan fingerprint density at radius 1 is 1.13 bits per heavy atom. The SMILES string of the molecule is O=C(O)CN1C(=O)[C@@H]2[C@H]3C[C@@H]([C@@H]2C1=O)[C@@H]1[C@H](c2ccc(Cl)cc2)c2sc(=O)[nH]c2S[C@H]31. The maximum absolute atomic E-state index is 13.1. The topological polar surface area (TPSA) is 108 Å². The lowest BCUT2D eigenvalue weighted by molar-refractivity contribution is -0.149. The number of aliphatic carboxylic acids is 1. The zero-order valence-corrected chi connectivity index (χ0v) is 18.4. The van der Waals surface area contributed by atoms with Crippen LogP contribution in [0.4, 0.5) is 0 Å². The minimum Gasteiger partial charge on any atom is -0.480 e. The number of halogens is 1. The molecule has 10 heteroatoms. The number of carboxylic acids is 1. The standard InChI is InChI=1S/C21H17ClN2O5S2/c22-8-3-1-7(2-4-8)12-13-9-5-10(16(13)30-18-17(12)31-21(29)23-18)15-14(9)19(27)24(20(15)28)6-11(25)26/h1-4,9-10,12-16H,5-6H2,(H,23,29)(H,25,26)/t9-,10-,12+,13-,14+,15-,16-/m1/s1. The fourth-order valence-electron chi connectivity index (χ4n) is 6.41. The van der Waals surface area contributed by atoms with Crippen LogP contribution in [0, 0.1) is 29.6 Å². The maximum atomic E-state index is 13.1. The minimum absolute atomic E-state index is 0.00778. The summed E-state index contributed by atoms with van der Waals surface area (Å²) in [5, 5.41) is 10.7. The Morgan fingerprint density at radius 2 is 1.81 bits per heavy atom. The van der Waals surface area contributed by atoms with E-state index in [1.54, 1.807) is 11.8 Å². The second kappa shape index (κ2) is 6.70. The molecule has 2 bridgehead atoms. The summed E-state index contributed by atoms with van der Waals surface area (Å²) in [6, 6.07) is 7.60. The zero-order valence-electron chi connectivity index (χ0n) is 16.0. The van der Waals surface area contributed by atoms with E-state index in [2.05, 4.69) is 4.98 Å². The van der Waals surface area contributed by atoms with E-state index >= 15 is 0 Å². The summed E-state index contributed by atoms with van der Waals surface area (Å²) in [5.74, 6) is -2.80. The smallest absolute Gasteiger partial charge is 0.323 e. The third kappa shape index (κ3) is 2.66. The van der Waals surface area contributed by atoms with Gasteiger partial charge in [0.25, 0.3) is 0 Å². The molecule has 31 heavy (non-hydrogen) atoms. The second-order valence-electron chi connectivity index (χ2n) is 8.67. The normalized spacial score (nSPS) is 35.3. The highest BCUT2D eigenvalue weighted by Crippen LogP contribution is 2.68. The molecule has 7 nitrogen and oxygen atoms in total. The van der Waals surface area contributed by atoms with Gasteiger partial charge in [0.2, 0.25) is 11.8 Å². The molecule has 0 unspecified atom stereocenters. The number of nitrogens with one attached hydrogen (secondary N) is 1. The molecule has 0 spiro atoms. The molecule has 4 aliphatic rings. The van der Waals surface area contributed by atoms with Gasteiger partial charge in [-0.1, -0.05) is 35.1 Å². The van der Waals surface area contributed by atoms with Gasteiger partial charge in [-0.25, -0.2) is 0 Å². The first kappa shape index (κ1) is 19.6. The first-order chi connectivity index (χ1) is 14.8. The van der Waals surface area contributed by atoms with Crippen molar-refractivity contribution in [2.45, 2.75) is 22.6 Å². The van der Waals surface area contributed by atoms with Crippen LogP contribution in [0.5, 0.6) is 0 Å². The van der Waals surface area contributed by atoms with Crippen molar-refractivity contribution in [3.63, 3.8) is 0 Å². The molecular weight excluding hydrogens is 460 g/mol. The van der Waals surface area contributed by atoms with Crippen LogP contribution >= 0.6 is 34.7 Å². The van der Waals surface area contributed by atoms with Gasteiger partial charge in [-0.15, -0.1) is 11.8 Å². The third-order valence-corrected chi connectivity index (χ3v) is 10.2. The first-order valence-electron chi connectivity index (χ1n) is 10.1. The maximum Gasteiger partial charge on any atom is 0.323 e. The Balaban J connectivity index is 1.45. The van der Waals surface area contributed by atoms with E-state index in [-0.39, 0.29) is 45.6 Å². The number of hydrogen-bond acceptors (Lipinski definition) is 6. The fourth-order valence-corrected chi connectivity index (χ4v) is 9.43. The van der Waals surface area contributed by atoms with Gasteiger partial charge in [0, 0.05) is 21.1 Å². The summed E-state index contributed by atoms with van der Waals surface area (Å²) in [7, 11) is 0. The highest BCUT2D eigenvalue weighted by molar-refractivity contribution is 8.00. The molecule has 1 aromatic carbocycles. The molecule has 2 saturated carbocycles. The lowest BCUT2D eigenvalue weighted by atomic mass is 9.68. The molecule has 160 valence electrons. The summed E-state index contributed by atoms with van der Waals surface area (Å²) < 4.78 is 0. The van der Waals surface area contributed by atoms with Crippen LogP contribution in [-0.2, 0) is 14.4 Å². The van der Waals surface area contributed by atoms with Gasteiger partial charge in [0.15, 0.2) is 0 Å². The molecule has 3 heterocycles. The number of imide groups is 1. The van der Waals surface area contributed by atoms with Crippen molar-refractivity contribution >= 4 is 52.5 Å². The molecule has 2 aliphatic carbocycles. The fraction of sp³-hybridized carbons (Fsp3) is 0.429. The van der Waals surface area contributed by atoms with Crippen molar-refractivity contribution in [2.24, 2.45) is 29.6 Å². The van der Waals surface area contributed by atoms with Crippen molar-refractivity contribution in [1.82, 2.24) is 9.88 Å². The number of benzene rings is 1. The number of hydrogen-bond donors (Lipinski definition) is 2. The Bertz CT molecular complexity index is 1190. The number of carbonyl (C=O) groups excluding carboxylic acids is 2.